The molecule has 0 aromatic rings. The van der Waals surface area contributed by atoms with E-state index in [0.29, 0.717) is 19.3 Å². The van der Waals surface area contributed by atoms with Crippen LogP contribution < -0.4 is 0 Å². The Balaban J connectivity index is 4.26. The van der Waals surface area contributed by atoms with Crippen molar-refractivity contribution in [2.75, 3.05) is 13.2 Å². The van der Waals surface area contributed by atoms with Gasteiger partial charge in [-0.15, -0.1) is 0 Å². The molecule has 0 radical (unpaired) electrons. The van der Waals surface area contributed by atoms with Gasteiger partial charge in [-0.1, -0.05) is 243 Å². The van der Waals surface area contributed by atoms with Crippen molar-refractivity contribution < 1.29 is 28.6 Å². The smallest absolute Gasteiger partial charge is 0.306 e. The third-order valence-corrected chi connectivity index (χ3v) is 11.2. The van der Waals surface area contributed by atoms with E-state index in [2.05, 4.69) is 57.2 Å². The van der Waals surface area contributed by atoms with Gasteiger partial charge in [0.2, 0.25) is 0 Å². The molecule has 0 fully saturated rings. The van der Waals surface area contributed by atoms with Gasteiger partial charge in [0.1, 0.15) is 13.2 Å². The largest absolute Gasteiger partial charge is 0.462 e. The summed E-state index contributed by atoms with van der Waals surface area (Å²) in [7, 11) is 0. The summed E-state index contributed by atoms with van der Waals surface area (Å²) < 4.78 is 16.7. The summed E-state index contributed by atoms with van der Waals surface area (Å²) in [6, 6.07) is 0. The number of hydrogen-bond acceptors (Lipinski definition) is 6. The van der Waals surface area contributed by atoms with Gasteiger partial charge < -0.3 is 14.2 Å². The molecule has 0 saturated heterocycles. The monoisotopic (exact) mass is 829 g/mol. The molecule has 0 aromatic carbocycles. The number of rotatable bonds is 46. The van der Waals surface area contributed by atoms with Crippen molar-refractivity contribution in [2.24, 2.45) is 0 Å². The Bertz CT molecular complexity index is 1000. The highest BCUT2D eigenvalue weighted by Gasteiger charge is 2.19. The lowest BCUT2D eigenvalue weighted by molar-refractivity contribution is -0.167. The van der Waals surface area contributed by atoms with E-state index in [4.69, 9.17) is 14.2 Å². The highest BCUT2D eigenvalue weighted by Crippen LogP contribution is 2.16. The maximum atomic E-state index is 12.7. The molecule has 0 heterocycles. The van der Waals surface area contributed by atoms with Gasteiger partial charge >= 0.3 is 17.9 Å². The molecule has 344 valence electrons. The third kappa shape index (κ3) is 46.5. The topological polar surface area (TPSA) is 78.9 Å². The number of unbranched alkanes of at least 4 members (excludes halogenated alkanes) is 31. The van der Waals surface area contributed by atoms with E-state index in [1.807, 2.05) is 0 Å². The van der Waals surface area contributed by atoms with Crippen LogP contribution in [0, 0.1) is 0 Å². The Kier molecular flexibility index (Phi) is 46.4. The normalized spacial score (nSPS) is 12.3. The lowest BCUT2D eigenvalue weighted by atomic mass is 10.0. The second kappa shape index (κ2) is 48.3. The molecule has 1 atom stereocenters. The fourth-order valence-corrected chi connectivity index (χ4v) is 7.38. The molecule has 0 aliphatic carbocycles. The maximum absolute atomic E-state index is 12.7. The van der Waals surface area contributed by atoms with E-state index in [-0.39, 0.29) is 31.1 Å². The first-order chi connectivity index (χ1) is 29.0. The van der Waals surface area contributed by atoms with Crippen molar-refractivity contribution in [3.05, 3.63) is 36.5 Å². The fourth-order valence-electron chi connectivity index (χ4n) is 7.38. The first-order valence-electron chi connectivity index (χ1n) is 25.5. The highest BCUT2D eigenvalue weighted by molar-refractivity contribution is 5.71. The Hall–Kier alpha value is -2.37. The van der Waals surface area contributed by atoms with Gasteiger partial charge in [-0.25, -0.2) is 0 Å². The molecule has 6 nitrogen and oxygen atoms in total. The second-order valence-corrected chi connectivity index (χ2v) is 17.1. The summed E-state index contributed by atoms with van der Waals surface area (Å²) in [5.74, 6) is -0.890. The number of carbonyl (C=O) groups excluding carboxylic acids is 3. The van der Waals surface area contributed by atoms with Crippen LogP contribution >= 0.6 is 0 Å². The van der Waals surface area contributed by atoms with Crippen LogP contribution in [0.4, 0.5) is 0 Å². The predicted octanol–water partition coefficient (Wildman–Crippen LogP) is 16.5. The van der Waals surface area contributed by atoms with Crippen molar-refractivity contribution >= 4 is 17.9 Å². The molecule has 0 bridgehead atoms. The van der Waals surface area contributed by atoms with Crippen molar-refractivity contribution in [3.63, 3.8) is 0 Å². The summed E-state index contributed by atoms with van der Waals surface area (Å²) in [5, 5.41) is 0. The molecule has 0 aliphatic heterocycles. The zero-order valence-corrected chi connectivity index (χ0v) is 39.3. The standard InChI is InChI=1S/C53H96O6/c1-4-7-10-13-16-19-21-23-24-25-26-27-28-30-31-34-37-40-43-46-52(55)58-49-50(48-57-51(54)45-42-39-36-33-18-15-12-9-6-3)59-53(56)47-44-41-38-35-32-29-22-20-17-14-11-8-5-2/h8,11,14,17,20,22,50H,4-7,9-10,12-13,15-16,18-19,21,23-49H2,1-3H3/b11-8-,17-14-,22-20-. The molecule has 0 spiro atoms. The number of allylic oxidation sites excluding steroid dienone is 6. The van der Waals surface area contributed by atoms with E-state index in [1.165, 1.54) is 141 Å². The van der Waals surface area contributed by atoms with Gasteiger partial charge in [-0.2, -0.15) is 0 Å². The summed E-state index contributed by atoms with van der Waals surface area (Å²) in [6.45, 7) is 6.49. The lowest BCUT2D eigenvalue weighted by Crippen LogP contribution is -2.30. The number of carbonyl (C=O) groups is 3. The Morgan fingerprint density at radius 1 is 0.356 bits per heavy atom. The molecule has 0 aliphatic rings. The molecule has 0 amide bonds. The Morgan fingerprint density at radius 2 is 0.661 bits per heavy atom. The van der Waals surface area contributed by atoms with Gasteiger partial charge in [-0.3, -0.25) is 14.4 Å². The van der Waals surface area contributed by atoms with E-state index in [0.717, 1.165) is 83.5 Å². The Labute approximate surface area is 365 Å². The number of esters is 3. The van der Waals surface area contributed by atoms with E-state index >= 15 is 0 Å². The van der Waals surface area contributed by atoms with Crippen LogP contribution in [-0.2, 0) is 28.6 Å². The molecule has 59 heavy (non-hydrogen) atoms. The summed E-state index contributed by atoms with van der Waals surface area (Å²) >= 11 is 0. The van der Waals surface area contributed by atoms with Gasteiger partial charge in [0.15, 0.2) is 6.10 Å². The second-order valence-electron chi connectivity index (χ2n) is 17.1. The molecule has 0 saturated carbocycles. The lowest BCUT2D eigenvalue weighted by Gasteiger charge is -2.18. The van der Waals surface area contributed by atoms with Crippen molar-refractivity contribution in [1.82, 2.24) is 0 Å². The summed E-state index contributed by atoms with van der Waals surface area (Å²) in [4.78, 5) is 37.8. The van der Waals surface area contributed by atoms with E-state index in [9.17, 15) is 14.4 Å². The Morgan fingerprint density at radius 3 is 1.02 bits per heavy atom. The van der Waals surface area contributed by atoms with Crippen LogP contribution in [0.25, 0.3) is 0 Å². The first-order valence-corrected chi connectivity index (χ1v) is 25.5. The molecular weight excluding hydrogens is 733 g/mol. The minimum Gasteiger partial charge on any atom is -0.462 e. The van der Waals surface area contributed by atoms with Crippen molar-refractivity contribution in [3.8, 4) is 0 Å². The van der Waals surface area contributed by atoms with Crippen LogP contribution in [0.3, 0.4) is 0 Å². The molecular formula is C53H96O6. The van der Waals surface area contributed by atoms with Crippen LogP contribution in [0.2, 0.25) is 0 Å². The van der Waals surface area contributed by atoms with E-state index < -0.39 is 6.10 Å². The fraction of sp³-hybridized carbons (Fsp3) is 0.830. The zero-order chi connectivity index (χ0) is 43.0. The predicted molar refractivity (Wildman–Crippen MR) is 252 cm³/mol. The van der Waals surface area contributed by atoms with Gasteiger partial charge in [0.25, 0.3) is 0 Å². The minimum absolute atomic E-state index is 0.0768. The van der Waals surface area contributed by atoms with Crippen molar-refractivity contribution in [1.29, 1.82) is 0 Å². The van der Waals surface area contributed by atoms with E-state index in [1.54, 1.807) is 0 Å². The highest BCUT2D eigenvalue weighted by atomic mass is 16.6. The van der Waals surface area contributed by atoms with Gasteiger partial charge in [0, 0.05) is 19.3 Å². The molecule has 1 unspecified atom stereocenters. The van der Waals surface area contributed by atoms with Crippen LogP contribution in [0.1, 0.15) is 265 Å². The van der Waals surface area contributed by atoms with Gasteiger partial charge in [-0.05, 0) is 38.5 Å². The third-order valence-electron chi connectivity index (χ3n) is 11.2. The van der Waals surface area contributed by atoms with Crippen LogP contribution in [-0.4, -0.2) is 37.2 Å². The molecule has 0 N–H and O–H groups in total. The first kappa shape index (κ1) is 56.6. The molecule has 6 heteroatoms. The zero-order valence-electron chi connectivity index (χ0n) is 39.3. The van der Waals surface area contributed by atoms with Gasteiger partial charge in [0.05, 0.1) is 0 Å². The van der Waals surface area contributed by atoms with Crippen molar-refractivity contribution in [2.45, 2.75) is 271 Å². The molecule has 0 aromatic heterocycles. The van der Waals surface area contributed by atoms with Crippen LogP contribution in [0.15, 0.2) is 36.5 Å². The quantitative estimate of drug-likeness (QED) is 0.0263. The summed E-state index contributed by atoms with van der Waals surface area (Å²) in [6.07, 6.45) is 55.7. The maximum Gasteiger partial charge on any atom is 0.306 e. The minimum atomic E-state index is -0.776. The molecule has 0 rings (SSSR count). The number of hydrogen-bond donors (Lipinski definition) is 0. The average Bonchev–Trinajstić information content (AvgIpc) is 3.23. The average molecular weight is 829 g/mol. The SMILES string of the molecule is CC\C=C/C=C\C=C/CCCCCCCC(=O)OC(COC(=O)CCCCCCCCCCC)COC(=O)CCCCCCCCCCCCCCCCCCCCC. The van der Waals surface area contributed by atoms with Crippen LogP contribution in [0.5, 0.6) is 0 Å². The number of ether oxygens (including phenoxy) is 3. The summed E-state index contributed by atoms with van der Waals surface area (Å²) in [5.41, 5.74) is 0.